The van der Waals surface area contributed by atoms with Crippen molar-refractivity contribution in [3.63, 3.8) is 0 Å². The second kappa shape index (κ2) is 5.81. The molecule has 1 atom stereocenters. The van der Waals surface area contributed by atoms with Crippen molar-refractivity contribution in [1.82, 2.24) is 5.32 Å². The van der Waals surface area contributed by atoms with Crippen molar-refractivity contribution in [2.24, 2.45) is 0 Å². The summed E-state index contributed by atoms with van der Waals surface area (Å²) in [6.07, 6.45) is 2.97. The number of nitrogens with one attached hydrogen (secondary N) is 1. The summed E-state index contributed by atoms with van der Waals surface area (Å²) < 4.78 is 26.1. The average molecular weight is 213 g/mol. The van der Waals surface area contributed by atoms with Crippen LogP contribution >= 0.6 is 0 Å². The predicted octanol–water partition coefficient (Wildman–Crippen LogP) is 3.42. The second-order valence-corrected chi connectivity index (χ2v) is 3.65. The first kappa shape index (κ1) is 12.1. The van der Waals surface area contributed by atoms with Gasteiger partial charge in [-0.05, 0) is 19.5 Å². The lowest BCUT2D eigenvalue weighted by Crippen LogP contribution is -2.17. The zero-order valence-corrected chi connectivity index (χ0v) is 9.19. The molecule has 0 spiro atoms. The zero-order valence-electron chi connectivity index (χ0n) is 9.19. The quantitative estimate of drug-likeness (QED) is 0.790. The van der Waals surface area contributed by atoms with Crippen molar-refractivity contribution in [3.05, 3.63) is 35.4 Å². The van der Waals surface area contributed by atoms with Crippen LogP contribution in [0.25, 0.3) is 0 Å². The fourth-order valence-corrected chi connectivity index (χ4v) is 1.65. The SMILES string of the molecule is CCCCC(NC)c1ccc(F)cc1F. The molecule has 1 aromatic carbocycles. The molecule has 3 heteroatoms. The molecule has 1 N–H and O–H groups in total. The predicted molar refractivity (Wildman–Crippen MR) is 57.7 cm³/mol. The van der Waals surface area contributed by atoms with E-state index in [4.69, 9.17) is 0 Å². The summed E-state index contributed by atoms with van der Waals surface area (Å²) in [6.45, 7) is 2.09. The van der Waals surface area contributed by atoms with E-state index < -0.39 is 11.6 Å². The summed E-state index contributed by atoms with van der Waals surface area (Å²) in [4.78, 5) is 0. The first-order valence-corrected chi connectivity index (χ1v) is 5.31. The Labute approximate surface area is 89.5 Å². The van der Waals surface area contributed by atoms with Gasteiger partial charge in [0.2, 0.25) is 0 Å². The standard InChI is InChI=1S/C12H17F2N/c1-3-4-5-12(15-2)10-7-6-9(13)8-11(10)14/h6-8,12,15H,3-5H2,1-2H3. The van der Waals surface area contributed by atoms with Crippen molar-refractivity contribution in [1.29, 1.82) is 0 Å². The molecule has 0 radical (unpaired) electrons. The van der Waals surface area contributed by atoms with Gasteiger partial charge in [0.05, 0.1) is 0 Å². The van der Waals surface area contributed by atoms with Crippen LogP contribution in [-0.4, -0.2) is 7.05 Å². The molecule has 1 aromatic rings. The summed E-state index contributed by atoms with van der Waals surface area (Å²) in [7, 11) is 1.79. The smallest absolute Gasteiger partial charge is 0.130 e. The van der Waals surface area contributed by atoms with Crippen LogP contribution in [0.1, 0.15) is 37.8 Å². The summed E-state index contributed by atoms with van der Waals surface area (Å²) in [6, 6.07) is 3.73. The van der Waals surface area contributed by atoms with E-state index >= 15 is 0 Å². The number of hydrogen-bond acceptors (Lipinski definition) is 1. The van der Waals surface area contributed by atoms with E-state index in [-0.39, 0.29) is 6.04 Å². The molecule has 15 heavy (non-hydrogen) atoms. The number of hydrogen-bond donors (Lipinski definition) is 1. The van der Waals surface area contributed by atoms with E-state index in [1.807, 2.05) is 0 Å². The Kier molecular flexibility index (Phi) is 4.69. The van der Waals surface area contributed by atoms with Gasteiger partial charge in [0.15, 0.2) is 0 Å². The van der Waals surface area contributed by atoms with Crippen LogP contribution in [0.4, 0.5) is 8.78 Å². The van der Waals surface area contributed by atoms with Crippen molar-refractivity contribution in [2.45, 2.75) is 32.2 Å². The highest BCUT2D eigenvalue weighted by atomic mass is 19.1. The minimum atomic E-state index is -0.526. The van der Waals surface area contributed by atoms with E-state index in [0.29, 0.717) is 5.56 Å². The number of halogens is 2. The van der Waals surface area contributed by atoms with Crippen LogP contribution in [0.2, 0.25) is 0 Å². The third-order valence-corrected chi connectivity index (χ3v) is 2.53. The molecule has 0 saturated heterocycles. The number of benzene rings is 1. The monoisotopic (exact) mass is 213 g/mol. The Morgan fingerprint density at radius 1 is 1.33 bits per heavy atom. The van der Waals surface area contributed by atoms with Gasteiger partial charge in [-0.15, -0.1) is 0 Å². The average Bonchev–Trinajstić information content (AvgIpc) is 2.21. The minimum absolute atomic E-state index is 0.0226. The van der Waals surface area contributed by atoms with E-state index in [1.165, 1.54) is 12.1 Å². The van der Waals surface area contributed by atoms with Gasteiger partial charge in [0, 0.05) is 17.7 Å². The molecule has 0 bridgehead atoms. The van der Waals surface area contributed by atoms with Gasteiger partial charge < -0.3 is 5.32 Å². The van der Waals surface area contributed by atoms with Gasteiger partial charge >= 0.3 is 0 Å². The van der Waals surface area contributed by atoms with E-state index in [0.717, 1.165) is 25.3 Å². The zero-order chi connectivity index (χ0) is 11.3. The van der Waals surface area contributed by atoms with E-state index in [9.17, 15) is 8.78 Å². The maximum Gasteiger partial charge on any atom is 0.130 e. The summed E-state index contributed by atoms with van der Waals surface area (Å²) in [5.74, 6) is -0.993. The maximum absolute atomic E-state index is 13.4. The molecule has 0 aliphatic heterocycles. The van der Waals surface area contributed by atoms with Crippen LogP contribution in [-0.2, 0) is 0 Å². The first-order valence-electron chi connectivity index (χ1n) is 5.31. The first-order chi connectivity index (χ1) is 7.19. The van der Waals surface area contributed by atoms with Crippen molar-refractivity contribution >= 4 is 0 Å². The van der Waals surface area contributed by atoms with E-state index in [1.54, 1.807) is 7.05 Å². The van der Waals surface area contributed by atoms with Gasteiger partial charge in [-0.2, -0.15) is 0 Å². The molecule has 0 aromatic heterocycles. The summed E-state index contributed by atoms with van der Waals surface area (Å²) >= 11 is 0. The Bertz CT molecular complexity index is 312. The minimum Gasteiger partial charge on any atom is -0.313 e. The molecule has 0 fully saturated rings. The van der Waals surface area contributed by atoms with Gasteiger partial charge in [-0.3, -0.25) is 0 Å². The Morgan fingerprint density at radius 3 is 2.60 bits per heavy atom. The van der Waals surface area contributed by atoms with Gasteiger partial charge in [-0.25, -0.2) is 8.78 Å². The third-order valence-electron chi connectivity index (χ3n) is 2.53. The summed E-state index contributed by atoms with van der Waals surface area (Å²) in [5, 5.41) is 3.05. The Balaban J connectivity index is 2.81. The molecular weight excluding hydrogens is 196 g/mol. The molecule has 0 aliphatic carbocycles. The van der Waals surface area contributed by atoms with Crippen LogP contribution in [0.5, 0.6) is 0 Å². The highest BCUT2D eigenvalue weighted by Crippen LogP contribution is 2.22. The van der Waals surface area contributed by atoms with Crippen molar-refractivity contribution in [2.75, 3.05) is 7.05 Å². The fourth-order valence-electron chi connectivity index (χ4n) is 1.65. The van der Waals surface area contributed by atoms with Crippen molar-refractivity contribution < 1.29 is 8.78 Å². The largest absolute Gasteiger partial charge is 0.313 e. The maximum atomic E-state index is 13.4. The highest BCUT2D eigenvalue weighted by Gasteiger charge is 2.13. The number of rotatable bonds is 5. The molecular formula is C12H17F2N. The molecule has 1 unspecified atom stereocenters. The van der Waals surface area contributed by atoms with Crippen LogP contribution in [0.3, 0.4) is 0 Å². The Hall–Kier alpha value is -0.960. The lowest BCUT2D eigenvalue weighted by Gasteiger charge is -2.16. The molecule has 0 heterocycles. The molecule has 0 amide bonds. The molecule has 0 saturated carbocycles. The van der Waals surface area contributed by atoms with Gasteiger partial charge in [0.1, 0.15) is 11.6 Å². The molecule has 1 nitrogen and oxygen atoms in total. The summed E-state index contributed by atoms with van der Waals surface area (Å²) in [5.41, 5.74) is 0.548. The van der Waals surface area contributed by atoms with Gasteiger partial charge in [-0.1, -0.05) is 25.8 Å². The second-order valence-electron chi connectivity index (χ2n) is 3.65. The molecule has 1 rings (SSSR count). The number of unbranched alkanes of at least 4 members (excludes halogenated alkanes) is 1. The lowest BCUT2D eigenvalue weighted by molar-refractivity contribution is 0.486. The van der Waals surface area contributed by atoms with Crippen LogP contribution in [0, 0.1) is 11.6 Å². The van der Waals surface area contributed by atoms with Gasteiger partial charge in [0.25, 0.3) is 0 Å². The normalized spacial score (nSPS) is 12.8. The Morgan fingerprint density at radius 2 is 2.07 bits per heavy atom. The van der Waals surface area contributed by atoms with Crippen LogP contribution < -0.4 is 5.32 Å². The topological polar surface area (TPSA) is 12.0 Å². The van der Waals surface area contributed by atoms with Crippen molar-refractivity contribution in [3.8, 4) is 0 Å². The third kappa shape index (κ3) is 3.27. The molecule has 0 aliphatic rings. The molecule has 84 valence electrons. The fraction of sp³-hybridized carbons (Fsp3) is 0.500. The van der Waals surface area contributed by atoms with E-state index in [2.05, 4.69) is 12.2 Å². The van der Waals surface area contributed by atoms with Crippen LogP contribution in [0.15, 0.2) is 18.2 Å². The lowest BCUT2D eigenvalue weighted by atomic mass is 10.0. The highest BCUT2D eigenvalue weighted by molar-refractivity contribution is 5.22.